The van der Waals surface area contributed by atoms with E-state index in [4.69, 9.17) is 0 Å². The third kappa shape index (κ3) is 6.42. The molecule has 1 heterocycles. The summed E-state index contributed by atoms with van der Waals surface area (Å²) in [5, 5.41) is 7.80. The maximum atomic E-state index is 13.5. The average Bonchev–Trinajstić information content (AvgIpc) is 3.41. The summed E-state index contributed by atoms with van der Waals surface area (Å²) < 4.78 is 0. The number of nitrogens with zero attached hydrogens (tertiary/aromatic N) is 1. The van der Waals surface area contributed by atoms with Crippen molar-refractivity contribution in [1.29, 1.82) is 0 Å². The van der Waals surface area contributed by atoms with E-state index in [1.165, 1.54) is 16.2 Å². The molecule has 0 saturated heterocycles. The van der Waals surface area contributed by atoms with Crippen molar-refractivity contribution in [3.8, 4) is 0 Å². The summed E-state index contributed by atoms with van der Waals surface area (Å²) >= 11 is 1.50. The molecule has 6 nitrogen and oxygen atoms in total. The lowest BCUT2D eigenvalue weighted by atomic mass is 10.00. The first-order valence-electron chi connectivity index (χ1n) is 11.2. The predicted octanol–water partition coefficient (Wildman–Crippen LogP) is 4.10. The number of hydrogen-bond donors (Lipinski definition) is 2. The van der Waals surface area contributed by atoms with Crippen molar-refractivity contribution in [1.82, 2.24) is 15.5 Å². The summed E-state index contributed by atoms with van der Waals surface area (Å²) in [5.41, 5.74) is 1.25. The highest BCUT2D eigenvalue weighted by Crippen LogP contribution is 2.27. The van der Waals surface area contributed by atoms with Crippen LogP contribution in [-0.2, 0) is 20.9 Å². The zero-order chi connectivity index (χ0) is 23.3. The second-order valence-electron chi connectivity index (χ2n) is 9.52. The topological polar surface area (TPSA) is 78.5 Å². The van der Waals surface area contributed by atoms with Gasteiger partial charge in [-0.15, -0.1) is 11.3 Å². The Hall–Kier alpha value is -2.67. The molecule has 3 rings (SSSR count). The molecule has 1 saturated carbocycles. The van der Waals surface area contributed by atoms with Crippen LogP contribution in [0.5, 0.6) is 0 Å². The van der Waals surface area contributed by atoms with Gasteiger partial charge in [0.1, 0.15) is 6.04 Å². The fraction of sp³-hybridized carbons (Fsp3) is 0.480. The number of carbonyl (C=O) groups is 3. The maximum Gasteiger partial charge on any atom is 0.313 e. The molecule has 0 aliphatic heterocycles. The monoisotopic (exact) mass is 455 g/mol. The van der Waals surface area contributed by atoms with E-state index in [0.717, 1.165) is 36.1 Å². The van der Waals surface area contributed by atoms with Gasteiger partial charge >= 0.3 is 11.8 Å². The van der Waals surface area contributed by atoms with Crippen molar-refractivity contribution >= 4 is 29.1 Å². The van der Waals surface area contributed by atoms with Crippen LogP contribution in [-0.4, -0.2) is 34.2 Å². The Morgan fingerprint density at radius 2 is 1.75 bits per heavy atom. The van der Waals surface area contributed by atoms with Crippen LogP contribution in [0.3, 0.4) is 0 Å². The highest BCUT2D eigenvalue weighted by atomic mass is 32.1. The zero-order valence-electron chi connectivity index (χ0n) is 19.3. The molecular formula is C25H33N3O3S. The summed E-state index contributed by atoms with van der Waals surface area (Å²) in [6.07, 6.45) is 3.88. The van der Waals surface area contributed by atoms with Crippen LogP contribution < -0.4 is 10.6 Å². The minimum absolute atomic E-state index is 0.0243. The first-order chi connectivity index (χ1) is 15.1. The summed E-state index contributed by atoms with van der Waals surface area (Å²) in [5.74, 6) is -1.63. The standard InChI is InChI=1S/C25H33N3O3S/c1-17-11-13-18(14-12-17)21(22(29)27-25(2,3)4)28(16-20-10-7-15-32-20)24(31)23(30)26-19-8-5-6-9-19/h7,10-15,19,21H,5-6,8-9,16H2,1-4H3,(H,26,30)(H,27,29). The van der Waals surface area contributed by atoms with E-state index in [2.05, 4.69) is 10.6 Å². The second-order valence-corrected chi connectivity index (χ2v) is 10.6. The van der Waals surface area contributed by atoms with Crippen LogP contribution in [0.15, 0.2) is 41.8 Å². The van der Waals surface area contributed by atoms with Gasteiger partial charge in [0, 0.05) is 16.5 Å². The van der Waals surface area contributed by atoms with Crippen molar-refractivity contribution in [2.45, 2.75) is 77.5 Å². The molecule has 1 fully saturated rings. The summed E-state index contributed by atoms with van der Waals surface area (Å²) in [7, 11) is 0. The fourth-order valence-corrected chi connectivity index (χ4v) is 4.66. The highest BCUT2D eigenvalue weighted by Gasteiger charge is 2.36. The normalized spacial score (nSPS) is 15.2. The van der Waals surface area contributed by atoms with Gasteiger partial charge in [-0.05, 0) is 57.5 Å². The molecule has 0 radical (unpaired) electrons. The summed E-state index contributed by atoms with van der Waals surface area (Å²) in [4.78, 5) is 42.2. The molecular weight excluding hydrogens is 422 g/mol. The Labute approximate surface area is 194 Å². The van der Waals surface area contributed by atoms with Crippen LogP contribution in [0.2, 0.25) is 0 Å². The quantitative estimate of drug-likeness (QED) is 0.644. The number of carbonyl (C=O) groups excluding carboxylic acids is 3. The lowest BCUT2D eigenvalue weighted by Gasteiger charge is -2.33. The number of benzene rings is 1. The molecule has 1 aliphatic rings. The number of thiophene rings is 1. The first-order valence-corrected chi connectivity index (χ1v) is 12.0. The zero-order valence-corrected chi connectivity index (χ0v) is 20.1. The molecule has 1 unspecified atom stereocenters. The van der Waals surface area contributed by atoms with Gasteiger partial charge in [-0.3, -0.25) is 14.4 Å². The number of aryl methyl sites for hydroxylation is 1. The molecule has 2 aromatic rings. The molecule has 7 heteroatoms. The Bertz CT molecular complexity index is 926. The molecule has 172 valence electrons. The number of amides is 3. The lowest BCUT2D eigenvalue weighted by Crippen LogP contribution is -2.52. The Morgan fingerprint density at radius 1 is 1.09 bits per heavy atom. The van der Waals surface area contributed by atoms with E-state index in [0.29, 0.717) is 5.56 Å². The van der Waals surface area contributed by atoms with Crippen LogP contribution in [0.4, 0.5) is 0 Å². The molecule has 1 aromatic carbocycles. The van der Waals surface area contributed by atoms with Gasteiger partial charge in [-0.2, -0.15) is 0 Å². The Kier molecular flexibility index (Phi) is 7.72. The highest BCUT2D eigenvalue weighted by molar-refractivity contribution is 7.09. The molecule has 0 bridgehead atoms. The SMILES string of the molecule is Cc1ccc(C(C(=O)NC(C)(C)C)N(Cc2cccs2)C(=O)C(=O)NC2CCCC2)cc1. The Balaban J connectivity index is 1.97. The van der Waals surface area contributed by atoms with Gasteiger partial charge in [0.25, 0.3) is 0 Å². The average molecular weight is 456 g/mol. The lowest BCUT2D eigenvalue weighted by molar-refractivity contribution is -0.151. The van der Waals surface area contributed by atoms with Crippen molar-refractivity contribution in [3.63, 3.8) is 0 Å². The third-order valence-electron chi connectivity index (χ3n) is 5.50. The molecule has 3 amide bonds. The van der Waals surface area contributed by atoms with Gasteiger partial charge in [-0.25, -0.2) is 0 Å². The molecule has 1 aromatic heterocycles. The van der Waals surface area contributed by atoms with Crippen molar-refractivity contribution in [2.75, 3.05) is 0 Å². The maximum absolute atomic E-state index is 13.5. The fourth-order valence-electron chi connectivity index (χ4n) is 3.96. The summed E-state index contributed by atoms with van der Waals surface area (Å²) in [6, 6.07) is 10.5. The molecule has 0 spiro atoms. The van der Waals surface area contributed by atoms with Gasteiger partial charge in [-0.1, -0.05) is 48.7 Å². The number of hydrogen-bond acceptors (Lipinski definition) is 4. The van der Waals surface area contributed by atoms with Gasteiger partial charge < -0.3 is 15.5 Å². The van der Waals surface area contributed by atoms with Crippen molar-refractivity contribution in [2.24, 2.45) is 0 Å². The van der Waals surface area contributed by atoms with E-state index in [1.54, 1.807) is 0 Å². The molecule has 1 atom stereocenters. The van der Waals surface area contributed by atoms with E-state index < -0.39 is 23.4 Å². The van der Waals surface area contributed by atoms with Crippen LogP contribution in [0.1, 0.15) is 68.5 Å². The van der Waals surface area contributed by atoms with Crippen molar-refractivity contribution in [3.05, 3.63) is 57.8 Å². The third-order valence-corrected chi connectivity index (χ3v) is 6.36. The van der Waals surface area contributed by atoms with E-state index >= 15 is 0 Å². The number of nitrogens with one attached hydrogen (secondary N) is 2. The van der Waals surface area contributed by atoms with Crippen LogP contribution >= 0.6 is 11.3 Å². The summed E-state index contributed by atoms with van der Waals surface area (Å²) in [6.45, 7) is 7.85. The minimum Gasteiger partial charge on any atom is -0.349 e. The molecule has 1 aliphatic carbocycles. The van der Waals surface area contributed by atoms with E-state index in [-0.39, 0.29) is 18.5 Å². The Morgan fingerprint density at radius 3 is 2.31 bits per heavy atom. The van der Waals surface area contributed by atoms with E-state index in [1.807, 2.05) is 69.5 Å². The number of rotatable bonds is 6. The van der Waals surface area contributed by atoms with E-state index in [9.17, 15) is 14.4 Å². The molecule has 2 N–H and O–H groups in total. The van der Waals surface area contributed by atoms with Crippen molar-refractivity contribution < 1.29 is 14.4 Å². The van der Waals surface area contributed by atoms with Gasteiger partial charge in [0.05, 0.1) is 6.54 Å². The predicted molar refractivity (Wildman–Crippen MR) is 127 cm³/mol. The minimum atomic E-state index is -0.918. The second kappa shape index (κ2) is 10.3. The molecule has 32 heavy (non-hydrogen) atoms. The van der Waals surface area contributed by atoms with Crippen LogP contribution in [0.25, 0.3) is 0 Å². The van der Waals surface area contributed by atoms with Gasteiger partial charge in [0.2, 0.25) is 5.91 Å². The smallest absolute Gasteiger partial charge is 0.313 e. The first kappa shape index (κ1) is 24.0. The van der Waals surface area contributed by atoms with Crippen LogP contribution in [0, 0.1) is 6.92 Å². The van der Waals surface area contributed by atoms with Gasteiger partial charge in [0.15, 0.2) is 0 Å². The largest absolute Gasteiger partial charge is 0.349 e.